The lowest BCUT2D eigenvalue weighted by molar-refractivity contribution is -0.137. The highest BCUT2D eigenvalue weighted by molar-refractivity contribution is 6.05. The van der Waals surface area contributed by atoms with Gasteiger partial charge in [-0.3, -0.25) is 19.1 Å². The molecule has 44 heavy (non-hydrogen) atoms. The van der Waals surface area contributed by atoms with Crippen LogP contribution in [0.15, 0.2) is 42.7 Å². The number of benzene rings is 1. The third-order valence-electron chi connectivity index (χ3n) is 7.14. The van der Waals surface area contributed by atoms with Crippen molar-refractivity contribution in [2.75, 3.05) is 11.9 Å². The van der Waals surface area contributed by atoms with Crippen molar-refractivity contribution in [1.29, 1.82) is 0 Å². The molecule has 0 bridgehead atoms. The number of nitrogens with one attached hydrogen (secondary N) is 1. The van der Waals surface area contributed by atoms with Gasteiger partial charge in [-0.15, -0.1) is 5.10 Å². The van der Waals surface area contributed by atoms with Crippen LogP contribution in [-0.2, 0) is 22.1 Å². The van der Waals surface area contributed by atoms with Crippen molar-refractivity contribution in [3.8, 4) is 11.1 Å². The van der Waals surface area contributed by atoms with Crippen LogP contribution in [0.25, 0.3) is 27.8 Å². The van der Waals surface area contributed by atoms with E-state index in [2.05, 4.69) is 35.7 Å². The average molecular weight is 608 g/mol. The molecule has 3 N–H and O–H groups in total. The molecule has 1 aromatic carbocycles. The van der Waals surface area contributed by atoms with E-state index >= 15 is 0 Å². The van der Waals surface area contributed by atoms with Gasteiger partial charge in [-0.05, 0) is 30.7 Å². The number of carbonyl (C=O) groups excluding carboxylic acids is 3. The number of hydrogen-bond acceptors (Lipinski definition) is 9. The maximum absolute atomic E-state index is 14.7. The number of halogens is 3. The van der Waals surface area contributed by atoms with Gasteiger partial charge in [-0.25, -0.2) is 9.37 Å². The smallest absolute Gasteiger partial charge is 0.305 e. The highest BCUT2D eigenvalue weighted by atomic mass is 19.3. The van der Waals surface area contributed by atoms with E-state index in [0.29, 0.717) is 29.1 Å². The van der Waals surface area contributed by atoms with E-state index in [1.165, 1.54) is 16.9 Å². The Morgan fingerprint density at radius 1 is 1.09 bits per heavy atom. The zero-order valence-corrected chi connectivity index (χ0v) is 23.3. The number of aromatic nitrogens is 8. The molecule has 3 amide bonds. The summed E-state index contributed by atoms with van der Waals surface area (Å²) in [5.74, 6) is -6.56. The van der Waals surface area contributed by atoms with Crippen LogP contribution < -0.4 is 11.1 Å². The molecule has 0 radical (unpaired) electrons. The fourth-order valence-electron chi connectivity index (χ4n) is 5.12. The number of primary amides is 1. The van der Waals surface area contributed by atoms with E-state index in [-0.39, 0.29) is 30.3 Å². The number of nitrogens with two attached hydrogens (primary N) is 1. The summed E-state index contributed by atoms with van der Waals surface area (Å²) in [6, 6.07) is 6.98. The zero-order chi connectivity index (χ0) is 31.3. The van der Waals surface area contributed by atoms with Gasteiger partial charge in [0, 0.05) is 36.1 Å². The Hall–Kier alpha value is -5.48. The van der Waals surface area contributed by atoms with Crippen LogP contribution >= 0.6 is 0 Å². The van der Waals surface area contributed by atoms with Gasteiger partial charge in [-0.2, -0.15) is 33.6 Å². The molecule has 226 valence electrons. The first-order valence-corrected chi connectivity index (χ1v) is 13.3. The van der Waals surface area contributed by atoms with Crippen molar-refractivity contribution < 1.29 is 27.6 Å². The molecule has 1 aliphatic rings. The zero-order valence-electron chi connectivity index (χ0n) is 23.3. The van der Waals surface area contributed by atoms with Gasteiger partial charge in [0.15, 0.2) is 5.69 Å². The van der Waals surface area contributed by atoms with Crippen LogP contribution in [0.2, 0.25) is 0 Å². The van der Waals surface area contributed by atoms with E-state index in [4.69, 9.17) is 5.73 Å². The monoisotopic (exact) mass is 607 g/mol. The number of fused-ring (bicyclic) bond motifs is 2. The van der Waals surface area contributed by atoms with Gasteiger partial charge in [0.25, 0.3) is 11.7 Å². The fraction of sp³-hybridized carbons (Fsp3) is 0.296. The second kappa shape index (κ2) is 10.7. The largest absolute Gasteiger partial charge is 0.364 e. The minimum Gasteiger partial charge on any atom is -0.364 e. The van der Waals surface area contributed by atoms with E-state index in [0.717, 1.165) is 15.0 Å². The number of alkyl halides is 3. The predicted molar refractivity (Wildman–Crippen MR) is 148 cm³/mol. The van der Waals surface area contributed by atoms with Gasteiger partial charge in [0.05, 0.1) is 24.5 Å². The molecule has 17 heteroatoms. The van der Waals surface area contributed by atoms with Gasteiger partial charge < -0.3 is 16.0 Å². The molecule has 4 aromatic heterocycles. The van der Waals surface area contributed by atoms with Crippen LogP contribution in [0, 0.1) is 6.92 Å². The highest BCUT2D eigenvalue weighted by Gasteiger charge is 2.40. The topological polar surface area (TPSA) is 179 Å². The molecule has 1 aliphatic heterocycles. The van der Waals surface area contributed by atoms with Gasteiger partial charge in [0.1, 0.15) is 24.6 Å². The van der Waals surface area contributed by atoms with Crippen molar-refractivity contribution in [3.63, 3.8) is 0 Å². The summed E-state index contributed by atoms with van der Waals surface area (Å²) in [7, 11) is 0. The first-order valence-electron chi connectivity index (χ1n) is 13.3. The summed E-state index contributed by atoms with van der Waals surface area (Å²) in [6.45, 7) is 1.41. The second-order valence-electron chi connectivity index (χ2n) is 10.4. The molecular formula is C27H24F3N11O3. The first-order chi connectivity index (χ1) is 20.9. The van der Waals surface area contributed by atoms with E-state index in [1.54, 1.807) is 37.4 Å². The van der Waals surface area contributed by atoms with Gasteiger partial charge >= 0.3 is 5.92 Å². The molecule has 5 aromatic rings. The molecule has 0 spiro atoms. The predicted octanol–water partition coefficient (Wildman–Crippen LogP) is 2.03. The Morgan fingerprint density at radius 2 is 1.89 bits per heavy atom. The number of aryl methyl sites for hydroxylation is 1. The normalized spacial score (nSPS) is 17.0. The molecule has 2 unspecified atom stereocenters. The molecule has 0 saturated carbocycles. The molecule has 14 nitrogen and oxygen atoms in total. The quantitative estimate of drug-likeness (QED) is 0.280. The minimum absolute atomic E-state index is 0.0282. The van der Waals surface area contributed by atoms with Crippen LogP contribution in [0.5, 0.6) is 0 Å². The fourth-order valence-corrected chi connectivity index (χ4v) is 5.12. The number of rotatable bonds is 7. The number of hydrogen-bond donors (Lipinski definition) is 2. The van der Waals surface area contributed by atoms with E-state index in [1.807, 2.05) is 0 Å². The summed E-state index contributed by atoms with van der Waals surface area (Å²) < 4.78 is 44.6. The Labute approximate surface area is 246 Å². The Bertz CT molecular complexity index is 1940. The molecule has 1 saturated heterocycles. The SMILES string of the molecule is Cc1cc(NC(=O)C2CC(F)CN2C(=O)Cn2nc(C(N)=O)c3cc(-c4ccnnc4)ccc32)n2nc(C(C)(F)F)nc2n1. The van der Waals surface area contributed by atoms with Gasteiger partial charge in [0.2, 0.25) is 17.6 Å². The molecular weight excluding hydrogens is 583 g/mol. The van der Waals surface area contributed by atoms with Crippen molar-refractivity contribution in [1.82, 2.24) is 44.5 Å². The number of nitrogens with zero attached hydrogens (tertiary/aromatic N) is 9. The third-order valence-corrected chi connectivity index (χ3v) is 7.14. The maximum atomic E-state index is 14.7. The summed E-state index contributed by atoms with van der Waals surface area (Å²) >= 11 is 0. The van der Waals surface area contributed by atoms with Crippen LogP contribution in [-0.4, -0.2) is 80.9 Å². The molecule has 1 fully saturated rings. The summed E-state index contributed by atoms with van der Waals surface area (Å²) in [4.78, 5) is 48.0. The average Bonchev–Trinajstić information content (AvgIpc) is 3.68. The maximum Gasteiger partial charge on any atom is 0.305 e. The number of carbonyl (C=O) groups is 3. The number of anilines is 1. The standard InChI is InChI=1S/C27H24F3N11O3/c1-13-7-20(41-26(34-13)36-25(38-41)27(2,29)30)35-24(44)19-9-16(28)11-39(19)21(42)12-40-18-4-3-14(15-5-6-32-33-10-15)8-17(18)22(37-40)23(31)43/h3-8,10,16,19H,9,11-12H2,1-2H3,(H2,31,43)(H,35,44). The van der Waals surface area contributed by atoms with E-state index in [9.17, 15) is 27.6 Å². The van der Waals surface area contributed by atoms with Crippen molar-refractivity contribution in [3.05, 3.63) is 59.9 Å². The summed E-state index contributed by atoms with van der Waals surface area (Å²) in [5.41, 5.74) is 7.71. The van der Waals surface area contributed by atoms with Crippen molar-refractivity contribution >= 4 is 40.2 Å². The van der Waals surface area contributed by atoms with Crippen molar-refractivity contribution in [2.45, 2.75) is 44.9 Å². The lowest BCUT2D eigenvalue weighted by Gasteiger charge is -2.23. The number of amides is 3. The lowest BCUT2D eigenvalue weighted by Crippen LogP contribution is -2.44. The molecule has 6 rings (SSSR count). The van der Waals surface area contributed by atoms with Crippen LogP contribution in [0.1, 0.15) is 35.4 Å². The lowest BCUT2D eigenvalue weighted by atomic mass is 10.0. The Balaban J connectivity index is 1.27. The molecule has 2 atom stereocenters. The summed E-state index contributed by atoms with van der Waals surface area (Å²) in [5, 5.41) is 18.6. The Kier molecular flexibility index (Phi) is 6.94. The van der Waals surface area contributed by atoms with Crippen LogP contribution in [0.4, 0.5) is 19.0 Å². The van der Waals surface area contributed by atoms with Crippen molar-refractivity contribution in [2.24, 2.45) is 5.73 Å². The second-order valence-corrected chi connectivity index (χ2v) is 10.4. The molecule has 0 aliphatic carbocycles. The van der Waals surface area contributed by atoms with E-state index < -0.39 is 48.2 Å². The Morgan fingerprint density at radius 3 is 2.59 bits per heavy atom. The minimum atomic E-state index is -3.36. The third kappa shape index (κ3) is 5.27. The summed E-state index contributed by atoms with van der Waals surface area (Å²) in [6.07, 6.45) is 1.26. The highest BCUT2D eigenvalue weighted by Crippen LogP contribution is 2.28. The van der Waals surface area contributed by atoms with Crippen LogP contribution in [0.3, 0.4) is 0 Å². The molecule has 5 heterocycles. The first kappa shape index (κ1) is 28.6. The van der Waals surface area contributed by atoms with Gasteiger partial charge in [-0.1, -0.05) is 6.07 Å². The number of likely N-dealkylation sites (tertiary alicyclic amines) is 1.